The number of carbonyl (C=O) groups excluding carboxylic acids is 1. The van der Waals surface area contributed by atoms with Crippen LogP contribution < -0.4 is 15.9 Å². The molecule has 0 fully saturated rings. The second-order valence-electron chi connectivity index (χ2n) is 7.27. The smallest absolute Gasteiger partial charge is 0.335 e. The Morgan fingerprint density at radius 2 is 1.72 bits per heavy atom. The maximum atomic E-state index is 13.1. The Hall–Kier alpha value is -3.91. The van der Waals surface area contributed by atoms with Gasteiger partial charge in [-0.2, -0.15) is 0 Å². The zero-order valence-electron chi connectivity index (χ0n) is 16.8. The average molecular weight is 443 g/mol. The number of aromatic carboxylic acids is 1. The summed E-state index contributed by atoms with van der Waals surface area (Å²) < 4.78 is 0. The molecule has 0 spiro atoms. The zero-order chi connectivity index (χ0) is 22.1. The van der Waals surface area contributed by atoms with Crippen LogP contribution in [0.5, 0.6) is 0 Å². The summed E-state index contributed by atoms with van der Waals surface area (Å²) in [5, 5.41) is 20.3. The Morgan fingerprint density at radius 3 is 2.47 bits per heavy atom. The van der Waals surface area contributed by atoms with Crippen LogP contribution in [0.15, 0.2) is 89.0 Å². The number of carboxylic acids is 1. The fourth-order valence-corrected chi connectivity index (χ4v) is 4.44. The predicted octanol–water partition coefficient (Wildman–Crippen LogP) is 2.46. The highest BCUT2D eigenvalue weighted by atomic mass is 32.2. The van der Waals surface area contributed by atoms with Gasteiger partial charge in [-0.25, -0.2) is 9.80 Å². The highest BCUT2D eigenvalue weighted by molar-refractivity contribution is 8.13. The van der Waals surface area contributed by atoms with Crippen molar-refractivity contribution in [2.45, 2.75) is 11.9 Å². The highest BCUT2D eigenvalue weighted by Gasteiger charge is 2.34. The first kappa shape index (κ1) is 20.0. The predicted molar refractivity (Wildman–Crippen MR) is 122 cm³/mol. The molecule has 1 unspecified atom stereocenters. The molecular formula is C24H18N4O3S. The highest BCUT2D eigenvalue weighted by Crippen LogP contribution is 2.31. The largest absolute Gasteiger partial charge is 0.478 e. The van der Waals surface area contributed by atoms with Crippen molar-refractivity contribution >= 4 is 34.5 Å². The zero-order valence-corrected chi connectivity index (χ0v) is 17.6. The first-order valence-corrected chi connectivity index (χ1v) is 10.9. The number of carbonyl (C=O) groups is 2. The van der Waals surface area contributed by atoms with E-state index in [1.54, 1.807) is 17.1 Å². The fraction of sp³-hybridized carbons (Fsp3) is 0.0833. The second kappa shape index (κ2) is 8.32. The molecule has 0 radical (unpaired) electrons. The van der Waals surface area contributed by atoms with Gasteiger partial charge in [0.05, 0.1) is 10.9 Å². The lowest BCUT2D eigenvalue weighted by atomic mass is 10.1. The first-order valence-electron chi connectivity index (χ1n) is 9.96. The molecule has 158 valence electrons. The Kier molecular flexibility index (Phi) is 5.20. The number of amidine groups is 1. The molecule has 0 aromatic heterocycles. The quantitative estimate of drug-likeness (QED) is 0.647. The Balaban J connectivity index is 1.56. The van der Waals surface area contributed by atoms with Crippen molar-refractivity contribution in [1.29, 1.82) is 0 Å². The number of hydrogen-bond acceptors (Lipinski definition) is 6. The van der Waals surface area contributed by atoms with E-state index >= 15 is 0 Å². The standard InChI is InChI=1S/C24H18N4O3S/c29-22-20-18-8-4-5-9-19(18)25-21(16-10-12-17(13-11-16)23(30)31)28(20)27-24(26-22)32-14-15-6-2-1-3-7-15/h1-13,21H,14H2,(H,30,31)(H,26,27,29). The fourth-order valence-electron chi connectivity index (χ4n) is 3.63. The van der Waals surface area contributed by atoms with Gasteiger partial charge in [0, 0.05) is 11.0 Å². The molecule has 3 aromatic rings. The van der Waals surface area contributed by atoms with E-state index in [1.165, 1.54) is 23.9 Å². The van der Waals surface area contributed by atoms with Crippen LogP contribution in [0.25, 0.3) is 5.70 Å². The van der Waals surface area contributed by atoms with Crippen molar-refractivity contribution in [3.63, 3.8) is 0 Å². The number of hydrogen-bond donors (Lipinski definition) is 2. The third-order valence-corrected chi connectivity index (χ3v) is 6.12. The first-order chi connectivity index (χ1) is 15.6. The van der Waals surface area contributed by atoms with Gasteiger partial charge in [0.2, 0.25) is 0 Å². The lowest BCUT2D eigenvalue weighted by Crippen LogP contribution is -2.50. The van der Waals surface area contributed by atoms with Gasteiger partial charge in [-0.1, -0.05) is 72.4 Å². The van der Waals surface area contributed by atoms with Gasteiger partial charge >= 0.3 is 5.97 Å². The van der Waals surface area contributed by atoms with Gasteiger partial charge in [0.1, 0.15) is 5.70 Å². The van der Waals surface area contributed by atoms with Gasteiger partial charge in [-0.15, -0.1) is 5.10 Å². The summed E-state index contributed by atoms with van der Waals surface area (Å²) >= 11 is 1.44. The SMILES string of the molecule is O=C1NC(SCc2ccccc2)=NN2C1=c1ccccc1=NC2c1ccc(C(=O)O)cc1. The molecule has 0 saturated carbocycles. The lowest BCUT2D eigenvalue weighted by Gasteiger charge is -2.34. The maximum Gasteiger partial charge on any atom is 0.335 e. The van der Waals surface area contributed by atoms with Crippen LogP contribution in [0.4, 0.5) is 0 Å². The summed E-state index contributed by atoms with van der Waals surface area (Å²) in [4.78, 5) is 29.2. The number of fused-ring (bicyclic) bond motifs is 2. The van der Waals surface area contributed by atoms with Crippen LogP contribution in [0.3, 0.4) is 0 Å². The minimum atomic E-state index is -0.996. The molecule has 8 heteroatoms. The van der Waals surface area contributed by atoms with Gasteiger partial charge < -0.3 is 5.11 Å². The molecule has 0 saturated heterocycles. The van der Waals surface area contributed by atoms with E-state index in [0.29, 0.717) is 27.2 Å². The molecule has 2 aliphatic heterocycles. The summed E-state index contributed by atoms with van der Waals surface area (Å²) in [5.74, 6) is -0.579. The molecule has 0 bridgehead atoms. The van der Waals surface area contributed by atoms with E-state index < -0.39 is 12.1 Å². The summed E-state index contributed by atoms with van der Waals surface area (Å²) in [6.45, 7) is 0. The van der Waals surface area contributed by atoms with Crippen LogP contribution in [-0.4, -0.2) is 27.2 Å². The average Bonchev–Trinajstić information content (AvgIpc) is 2.82. The summed E-state index contributed by atoms with van der Waals surface area (Å²) in [5.41, 5.74) is 2.48. The van der Waals surface area contributed by atoms with Crippen LogP contribution in [-0.2, 0) is 10.5 Å². The number of hydrazone groups is 1. The number of rotatable bonds is 4. The van der Waals surface area contributed by atoms with Crippen LogP contribution in [0.1, 0.15) is 27.7 Å². The van der Waals surface area contributed by atoms with Crippen molar-refractivity contribution in [1.82, 2.24) is 10.3 Å². The van der Waals surface area contributed by atoms with Crippen molar-refractivity contribution in [2.75, 3.05) is 0 Å². The topological polar surface area (TPSA) is 94.4 Å². The minimum absolute atomic E-state index is 0.188. The third kappa shape index (κ3) is 3.76. The molecule has 0 aliphatic carbocycles. The molecule has 1 amide bonds. The van der Waals surface area contributed by atoms with E-state index in [9.17, 15) is 14.7 Å². The van der Waals surface area contributed by atoms with Crippen LogP contribution in [0.2, 0.25) is 0 Å². The Bertz CT molecular complexity index is 1350. The molecule has 2 N–H and O–H groups in total. The van der Waals surface area contributed by atoms with Gasteiger partial charge in [-0.05, 0) is 29.3 Å². The molecule has 5 rings (SSSR count). The Morgan fingerprint density at radius 1 is 1.00 bits per heavy atom. The van der Waals surface area contributed by atoms with Crippen molar-refractivity contribution in [3.8, 4) is 0 Å². The molecule has 2 aliphatic rings. The number of amides is 1. The molecule has 3 aromatic carbocycles. The van der Waals surface area contributed by atoms with Crippen molar-refractivity contribution in [3.05, 3.63) is 106 Å². The number of para-hydroxylation sites is 1. The molecule has 1 atom stereocenters. The Labute approximate surface area is 187 Å². The van der Waals surface area contributed by atoms with Gasteiger partial charge in [0.25, 0.3) is 5.91 Å². The number of nitrogens with zero attached hydrogens (tertiary/aromatic N) is 3. The molecule has 7 nitrogen and oxygen atoms in total. The molecule has 2 heterocycles. The summed E-state index contributed by atoms with van der Waals surface area (Å²) in [6.07, 6.45) is -0.582. The van der Waals surface area contributed by atoms with Crippen molar-refractivity contribution in [2.24, 2.45) is 10.1 Å². The van der Waals surface area contributed by atoms with Gasteiger partial charge in [0.15, 0.2) is 11.3 Å². The van der Waals surface area contributed by atoms with E-state index in [-0.39, 0.29) is 11.5 Å². The maximum absolute atomic E-state index is 13.1. The monoisotopic (exact) mass is 442 g/mol. The van der Waals surface area contributed by atoms with E-state index in [2.05, 4.69) is 5.32 Å². The van der Waals surface area contributed by atoms with Crippen molar-refractivity contribution < 1.29 is 14.7 Å². The number of thioether (sulfide) groups is 1. The second-order valence-corrected chi connectivity index (χ2v) is 8.24. The lowest BCUT2D eigenvalue weighted by molar-refractivity contribution is -0.116. The normalized spacial score (nSPS) is 16.9. The number of carboxylic acid groups (broad SMARTS) is 1. The third-order valence-electron chi connectivity index (χ3n) is 5.19. The van der Waals surface area contributed by atoms with Crippen LogP contribution in [0, 0.1) is 0 Å². The van der Waals surface area contributed by atoms with Gasteiger partial charge in [-0.3, -0.25) is 15.1 Å². The van der Waals surface area contributed by atoms with Crippen LogP contribution >= 0.6 is 11.8 Å². The summed E-state index contributed by atoms with van der Waals surface area (Å²) in [6, 6.07) is 23.9. The molecule has 32 heavy (non-hydrogen) atoms. The van der Waals surface area contributed by atoms with E-state index in [4.69, 9.17) is 10.1 Å². The van der Waals surface area contributed by atoms with E-state index in [0.717, 1.165) is 11.1 Å². The summed E-state index contributed by atoms with van der Waals surface area (Å²) in [7, 11) is 0. The minimum Gasteiger partial charge on any atom is -0.478 e. The number of nitrogens with one attached hydrogen (secondary N) is 1. The number of benzene rings is 3. The van der Waals surface area contributed by atoms with E-state index in [1.807, 2.05) is 54.6 Å². The molecular weight excluding hydrogens is 424 g/mol.